The first-order valence-electron chi connectivity index (χ1n) is 7.84. The number of hydrogen-bond acceptors (Lipinski definition) is 4. The second-order valence-corrected chi connectivity index (χ2v) is 7.95. The fraction of sp³-hybridized carbons (Fsp3) is 0.211. The van der Waals surface area contributed by atoms with E-state index >= 15 is 0 Å². The van der Waals surface area contributed by atoms with Crippen molar-refractivity contribution in [2.24, 2.45) is 0 Å². The van der Waals surface area contributed by atoms with Crippen molar-refractivity contribution < 1.29 is 9.21 Å². The van der Waals surface area contributed by atoms with Gasteiger partial charge in [0.25, 0.3) is 5.91 Å². The number of nitrogens with one attached hydrogen (secondary N) is 1. The Bertz CT molecular complexity index is 878. The average Bonchev–Trinajstić information content (AvgIpc) is 3.06. The molecule has 2 aromatic carbocycles. The number of carbonyl (C=O) groups is 1. The van der Waals surface area contributed by atoms with Crippen molar-refractivity contribution in [2.75, 3.05) is 5.32 Å². The summed E-state index contributed by atoms with van der Waals surface area (Å²) in [6.45, 7) is 6.06. The quantitative estimate of drug-likeness (QED) is 0.581. The Balaban J connectivity index is 1.73. The summed E-state index contributed by atoms with van der Waals surface area (Å²) in [6, 6.07) is 14.8. The molecule has 1 N–H and O–H groups in total. The Morgan fingerprint density at radius 1 is 1.00 bits per heavy atom. The first kappa shape index (κ1) is 17.6. The fourth-order valence-electron chi connectivity index (χ4n) is 2.14. The molecule has 0 bridgehead atoms. The van der Waals surface area contributed by atoms with E-state index in [1.54, 1.807) is 12.1 Å². The van der Waals surface area contributed by atoms with Crippen LogP contribution in [0.25, 0.3) is 11.5 Å². The molecule has 0 aliphatic carbocycles. The third-order valence-corrected chi connectivity index (χ3v) is 4.28. The van der Waals surface area contributed by atoms with Crippen LogP contribution in [-0.2, 0) is 5.41 Å². The fourth-order valence-corrected chi connectivity index (χ4v) is 2.50. The molecule has 0 saturated carbocycles. The summed E-state index contributed by atoms with van der Waals surface area (Å²) in [7, 11) is 0. The molecule has 1 amide bonds. The second-order valence-electron chi connectivity index (χ2n) is 6.70. The molecular formula is C19H18IN3O2. The highest BCUT2D eigenvalue weighted by Gasteiger charge is 2.21. The molecule has 0 atom stereocenters. The van der Waals surface area contributed by atoms with Gasteiger partial charge in [-0.2, -0.15) is 0 Å². The molecule has 0 unspecified atom stereocenters. The van der Waals surface area contributed by atoms with E-state index in [-0.39, 0.29) is 11.3 Å². The molecule has 1 heterocycles. The minimum atomic E-state index is -0.188. The molecule has 128 valence electrons. The van der Waals surface area contributed by atoms with Crippen molar-refractivity contribution in [1.82, 2.24) is 10.2 Å². The molecule has 1 aromatic heterocycles. The maximum atomic E-state index is 12.2. The van der Waals surface area contributed by atoms with Crippen molar-refractivity contribution in [3.63, 3.8) is 0 Å². The van der Waals surface area contributed by atoms with Crippen LogP contribution in [0.1, 0.15) is 37.0 Å². The Morgan fingerprint density at radius 2 is 1.64 bits per heavy atom. The van der Waals surface area contributed by atoms with Gasteiger partial charge >= 0.3 is 0 Å². The number of halogens is 1. The van der Waals surface area contributed by atoms with Gasteiger partial charge in [0, 0.05) is 25.8 Å². The zero-order chi connectivity index (χ0) is 18.0. The Morgan fingerprint density at radius 3 is 2.20 bits per heavy atom. The van der Waals surface area contributed by atoms with E-state index in [1.165, 1.54) is 0 Å². The van der Waals surface area contributed by atoms with Crippen LogP contribution in [0.4, 0.5) is 5.69 Å². The van der Waals surface area contributed by atoms with Crippen molar-refractivity contribution in [1.29, 1.82) is 0 Å². The predicted molar refractivity (Wildman–Crippen MR) is 106 cm³/mol. The number of nitrogens with zero attached hydrogens (tertiary/aromatic N) is 2. The van der Waals surface area contributed by atoms with Gasteiger partial charge in [-0.1, -0.05) is 20.8 Å². The monoisotopic (exact) mass is 447 g/mol. The third kappa shape index (κ3) is 4.25. The van der Waals surface area contributed by atoms with E-state index in [0.717, 1.165) is 9.13 Å². The smallest absolute Gasteiger partial charge is 0.255 e. The molecule has 3 aromatic rings. The normalized spacial score (nSPS) is 11.4. The zero-order valence-electron chi connectivity index (χ0n) is 14.2. The number of rotatable bonds is 3. The summed E-state index contributed by atoms with van der Waals surface area (Å²) in [5.41, 5.74) is 1.96. The molecule has 25 heavy (non-hydrogen) atoms. The lowest BCUT2D eigenvalue weighted by Gasteiger charge is -2.11. The van der Waals surface area contributed by atoms with Gasteiger partial charge in [-0.05, 0) is 71.1 Å². The number of anilines is 1. The van der Waals surface area contributed by atoms with Gasteiger partial charge < -0.3 is 9.73 Å². The van der Waals surface area contributed by atoms with Crippen LogP contribution in [0.2, 0.25) is 0 Å². The maximum Gasteiger partial charge on any atom is 0.255 e. The van der Waals surface area contributed by atoms with Gasteiger partial charge in [0.15, 0.2) is 0 Å². The van der Waals surface area contributed by atoms with Gasteiger partial charge in [0.05, 0.1) is 0 Å². The number of hydrogen-bond donors (Lipinski definition) is 1. The summed E-state index contributed by atoms with van der Waals surface area (Å²) in [6.07, 6.45) is 0. The zero-order valence-corrected chi connectivity index (χ0v) is 16.4. The van der Waals surface area contributed by atoms with Crippen molar-refractivity contribution in [3.05, 3.63) is 63.6 Å². The summed E-state index contributed by atoms with van der Waals surface area (Å²) < 4.78 is 6.82. The van der Waals surface area contributed by atoms with E-state index in [4.69, 9.17) is 4.42 Å². The van der Waals surface area contributed by atoms with Gasteiger partial charge in [-0.15, -0.1) is 10.2 Å². The van der Waals surface area contributed by atoms with Crippen LogP contribution >= 0.6 is 22.6 Å². The molecule has 0 fully saturated rings. The number of benzene rings is 2. The van der Waals surface area contributed by atoms with Crippen LogP contribution in [-0.4, -0.2) is 16.1 Å². The summed E-state index contributed by atoms with van der Waals surface area (Å²) >= 11 is 2.21. The Kier molecular flexibility index (Phi) is 4.89. The predicted octanol–water partition coefficient (Wildman–Crippen LogP) is 4.89. The lowest BCUT2D eigenvalue weighted by atomic mass is 9.97. The number of aromatic nitrogens is 2. The van der Waals surface area contributed by atoms with Crippen molar-refractivity contribution in [3.8, 4) is 11.5 Å². The highest BCUT2D eigenvalue weighted by Crippen LogP contribution is 2.26. The highest BCUT2D eigenvalue weighted by atomic mass is 127. The molecule has 5 nitrogen and oxygen atoms in total. The Hall–Kier alpha value is -2.22. The third-order valence-electron chi connectivity index (χ3n) is 3.56. The minimum absolute atomic E-state index is 0.142. The van der Waals surface area contributed by atoms with E-state index in [9.17, 15) is 4.79 Å². The molecule has 3 rings (SSSR count). The Labute approximate surface area is 160 Å². The van der Waals surface area contributed by atoms with Gasteiger partial charge in [-0.25, -0.2) is 0 Å². The van der Waals surface area contributed by atoms with Crippen LogP contribution < -0.4 is 5.32 Å². The standard InChI is InChI=1S/C19H18IN3O2/c1-19(2,3)18-23-22-17(25-18)13-6-10-15(11-7-13)21-16(24)12-4-8-14(20)9-5-12/h4-11H,1-3H3,(H,21,24). The van der Waals surface area contributed by atoms with Crippen LogP contribution in [0.3, 0.4) is 0 Å². The van der Waals surface area contributed by atoms with Crippen molar-refractivity contribution >= 4 is 34.2 Å². The molecule has 0 aliphatic rings. The lowest BCUT2D eigenvalue weighted by molar-refractivity contribution is 0.102. The molecule has 0 aliphatic heterocycles. The van der Waals surface area contributed by atoms with Gasteiger partial charge in [-0.3, -0.25) is 4.79 Å². The lowest BCUT2D eigenvalue weighted by Crippen LogP contribution is -2.11. The van der Waals surface area contributed by atoms with Crippen LogP contribution in [0, 0.1) is 3.57 Å². The summed E-state index contributed by atoms with van der Waals surface area (Å²) in [5, 5.41) is 11.1. The maximum absolute atomic E-state index is 12.2. The second kappa shape index (κ2) is 6.95. The number of carbonyl (C=O) groups excluding carboxylic acids is 1. The minimum Gasteiger partial charge on any atom is -0.420 e. The van der Waals surface area contributed by atoms with E-state index in [1.807, 2.05) is 57.2 Å². The SMILES string of the molecule is CC(C)(C)c1nnc(-c2ccc(NC(=O)c3ccc(I)cc3)cc2)o1. The molecule has 0 radical (unpaired) electrons. The first-order valence-corrected chi connectivity index (χ1v) is 8.92. The largest absolute Gasteiger partial charge is 0.420 e. The highest BCUT2D eigenvalue weighted by molar-refractivity contribution is 14.1. The van der Waals surface area contributed by atoms with Gasteiger partial charge in [0.1, 0.15) is 0 Å². The molecular weight excluding hydrogens is 429 g/mol. The van der Waals surface area contributed by atoms with Crippen LogP contribution in [0.5, 0.6) is 0 Å². The summed E-state index contributed by atoms with van der Waals surface area (Å²) in [4.78, 5) is 12.2. The molecule has 6 heteroatoms. The molecule has 0 spiro atoms. The summed E-state index contributed by atoms with van der Waals surface area (Å²) in [5.74, 6) is 0.927. The van der Waals surface area contributed by atoms with Crippen LogP contribution in [0.15, 0.2) is 52.9 Å². The van der Waals surface area contributed by atoms with E-state index in [0.29, 0.717) is 23.0 Å². The topological polar surface area (TPSA) is 68.0 Å². The average molecular weight is 447 g/mol. The van der Waals surface area contributed by atoms with Crippen molar-refractivity contribution in [2.45, 2.75) is 26.2 Å². The number of amides is 1. The van der Waals surface area contributed by atoms with E-state index < -0.39 is 0 Å². The van der Waals surface area contributed by atoms with E-state index in [2.05, 4.69) is 38.1 Å². The first-order chi connectivity index (χ1) is 11.8. The van der Waals surface area contributed by atoms with Gasteiger partial charge in [0.2, 0.25) is 11.8 Å². The molecule has 0 saturated heterocycles.